The molecular weight excluding hydrogens is 304 g/mol. The van der Waals surface area contributed by atoms with E-state index in [4.69, 9.17) is 14.0 Å². The fourth-order valence-corrected chi connectivity index (χ4v) is 2.10. The van der Waals surface area contributed by atoms with E-state index >= 15 is 0 Å². The molecule has 6 nitrogen and oxygen atoms in total. The van der Waals surface area contributed by atoms with Gasteiger partial charge in [0.25, 0.3) is 5.69 Å². The van der Waals surface area contributed by atoms with E-state index in [1.165, 1.54) is 25.3 Å². The Morgan fingerprint density at radius 1 is 1.30 bits per heavy atom. The zero-order valence-corrected chi connectivity index (χ0v) is 13.8. The van der Waals surface area contributed by atoms with Crippen LogP contribution in [0.5, 0.6) is 5.75 Å². The maximum absolute atomic E-state index is 14.5. The summed E-state index contributed by atoms with van der Waals surface area (Å²) in [5.41, 5.74) is -2.24. The number of hydrogen-bond donors (Lipinski definition) is 0. The summed E-state index contributed by atoms with van der Waals surface area (Å²) in [6, 6.07) is 4.18. The van der Waals surface area contributed by atoms with Gasteiger partial charge in [0.2, 0.25) is 0 Å². The number of benzene rings is 1. The molecule has 0 aliphatic carbocycles. The van der Waals surface area contributed by atoms with Gasteiger partial charge >= 0.3 is 7.12 Å². The van der Waals surface area contributed by atoms with Crippen LogP contribution in [0.2, 0.25) is 0 Å². The highest BCUT2D eigenvalue weighted by Crippen LogP contribution is 2.39. The molecule has 0 N–H and O–H groups in total. The predicted molar refractivity (Wildman–Crippen MR) is 84.8 cm³/mol. The fraction of sp³-hybridized carbons (Fsp3) is 0.467. The molecule has 1 saturated heterocycles. The van der Waals surface area contributed by atoms with Crippen molar-refractivity contribution < 1.29 is 23.4 Å². The van der Waals surface area contributed by atoms with E-state index in [9.17, 15) is 14.5 Å². The molecule has 23 heavy (non-hydrogen) atoms. The molecule has 0 amide bonds. The Hall–Kier alpha value is -1.93. The van der Waals surface area contributed by atoms with Gasteiger partial charge in [-0.3, -0.25) is 10.1 Å². The first-order chi connectivity index (χ1) is 10.6. The van der Waals surface area contributed by atoms with Crippen molar-refractivity contribution >= 4 is 18.9 Å². The van der Waals surface area contributed by atoms with Crippen LogP contribution < -0.4 is 4.74 Å². The molecule has 1 aromatic rings. The molecule has 0 atom stereocenters. The molecule has 1 fully saturated rings. The smallest absolute Gasteiger partial charge is 0.497 e. The molecule has 0 aromatic heterocycles. The third-order valence-corrected chi connectivity index (χ3v) is 4.21. The standard InChI is InChI=1S/C15H19BFNO5/c1-14(2)15(3,4)23-16(22-14)13(17)8-10-6-7-11(21-5)9-12(10)18(19)20/h6-9H,1-5H3. The Morgan fingerprint density at radius 3 is 2.35 bits per heavy atom. The minimum atomic E-state index is -1.19. The Morgan fingerprint density at radius 2 is 1.87 bits per heavy atom. The van der Waals surface area contributed by atoms with Gasteiger partial charge in [0, 0.05) is 0 Å². The second-order valence-electron chi connectivity index (χ2n) is 6.30. The Kier molecular flexibility index (Phi) is 4.50. The molecule has 1 aromatic carbocycles. The van der Waals surface area contributed by atoms with Crippen LogP contribution in [0.25, 0.3) is 6.08 Å². The number of nitrogens with zero attached hydrogens (tertiary/aromatic N) is 1. The van der Waals surface area contributed by atoms with Crippen molar-refractivity contribution in [3.8, 4) is 5.75 Å². The molecule has 1 heterocycles. The summed E-state index contributed by atoms with van der Waals surface area (Å²) >= 11 is 0. The van der Waals surface area contributed by atoms with Gasteiger partial charge in [-0.25, -0.2) is 4.39 Å². The van der Waals surface area contributed by atoms with Crippen LogP contribution in [0.1, 0.15) is 33.3 Å². The van der Waals surface area contributed by atoms with Crippen molar-refractivity contribution in [2.75, 3.05) is 7.11 Å². The summed E-state index contributed by atoms with van der Waals surface area (Å²) in [5.74, 6) is 0.324. The van der Waals surface area contributed by atoms with E-state index in [-0.39, 0.29) is 11.3 Å². The quantitative estimate of drug-likeness (QED) is 0.481. The topological polar surface area (TPSA) is 70.8 Å². The van der Waals surface area contributed by atoms with Crippen molar-refractivity contribution in [2.24, 2.45) is 0 Å². The summed E-state index contributed by atoms with van der Waals surface area (Å²) in [4.78, 5) is 10.5. The predicted octanol–water partition coefficient (Wildman–Crippen LogP) is 3.55. The molecule has 0 unspecified atom stereocenters. The lowest BCUT2D eigenvalue weighted by Crippen LogP contribution is -2.41. The second-order valence-corrected chi connectivity index (χ2v) is 6.30. The van der Waals surface area contributed by atoms with E-state index < -0.39 is 29.0 Å². The maximum atomic E-state index is 14.5. The van der Waals surface area contributed by atoms with Gasteiger partial charge in [-0.2, -0.15) is 0 Å². The highest BCUT2D eigenvalue weighted by atomic mass is 19.1. The van der Waals surface area contributed by atoms with Crippen LogP contribution in [0.15, 0.2) is 23.9 Å². The summed E-state index contributed by atoms with van der Waals surface area (Å²) in [7, 11) is 0.209. The highest BCUT2D eigenvalue weighted by molar-refractivity contribution is 6.54. The van der Waals surface area contributed by atoms with Crippen LogP contribution in [-0.2, 0) is 9.31 Å². The van der Waals surface area contributed by atoms with Gasteiger partial charge in [-0.1, -0.05) is 0 Å². The average Bonchev–Trinajstić information content (AvgIpc) is 2.67. The number of methoxy groups -OCH3 is 1. The van der Waals surface area contributed by atoms with Gasteiger partial charge in [0.05, 0.1) is 34.9 Å². The van der Waals surface area contributed by atoms with Crippen molar-refractivity contribution in [1.29, 1.82) is 0 Å². The molecule has 8 heteroatoms. The zero-order chi connectivity index (χ0) is 17.4. The van der Waals surface area contributed by atoms with Crippen molar-refractivity contribution in [2.45, 2.75) is 38.9 Å². The van der Waals surface area contributed by atoms with E-state index in [0.717, 1.165) is 6.08 Å². The van der Waals surface area contributed by atoms with Crippen LogP contribution >= 0.6 is 0 Å². The van der Waals surface area contributed by atoms with Crippen LogP contribution in [0, 0.1) is 10.1 Å². The molecule has 0 spiro atoms. The number of nitro groups is 1. The number of hydrogen-bond acceptors (Lipinski definition) is 5. The highest BCUT2D eigenvalue weighted by Gasteiger charge is 2.53. The second kappa shape index (κ2) is 5.94. The van der Waals surface area contributed by atoms with Crippen molar-refractivity contribution in [3.05, 3.63) is 39.6 Å². The molecule has 0 bridgehead atoms. The SMILES string of the molecule is COc1ccc(C=C(F)B2OC(C)(C)C(C)(C)O2)c([N+](=O)[O-])c1. The lowest BCUT2D eigenvalue weighted by atomic mass is 9.86. The average molecular weight is 323 g/mol. The first-order valence-corrected chi connectivity index (χ1v) is 7.12. The Bertz CT molecular complexity index is 643. The Labute approximate surface area is 134 Å². The van der Waals surface area contributed by atoms with Crippen LogP contribution in [-0.4, -0.2) is 30.4 Å². The lowest BCUT2D eigenvalue weighted by molar-refractivity contribution is -0.385. The third-order valence-electron chi connectivity index (χ3n) is 4.21. The first-order valence-electron chi connectivity index (χ1n) is 7.12. The largest absolute Gasteiger partial charge is 0.525 e. The van der Waals surface area contributed by atoms with Gasteiger partial charge in [-0.05, 0) is 45.9 Å². The number of nitro benzene ring substituents is 1. The first kappa shape index (κ1) is 17.4. The summed E-state index contributed by atoms with van der Waals surface area (Å²) < 4.78 is 30.6. The van der Waals surface area contributed by atoms with Crippen LogP contribution in [0.4, 0.5) is 10.1 Å². The molecule has 0 saturated carbocycles. The minimum Gasteiger partial charge on any atom is -0.497 e. The van der Waals surface area contributed by atoms with Gasteiger partial charge in [0.1, 0.15) is 11.5 Å². The number of rotatable bonds is 4. The Balaban J connectivity index is 2.34. The monoisotopic (exact) mass is 323 g/mol. The lowest BCUT2D eigenvalue weighted by Gasteiger charge is -2.32. The van der Waals surface area contributed by atoms with Crippen molar-refractivity contribution in [3.63, 3.8) is 0 Å². The third kappa shape index (κ3) is 3.38. The van der Waals surface area contributed by atoms with Gasteiger partial charge in [0.15, 0.2) is 0 Å². The zero-order valence-electron chi connectivity index (χ0n) is 13.8. The number of ether oxygens (including phenoxy) is 1. The van der Waals surface area contributed by atoms with E-state index in [1.54, 1.807) is 27.7 Å². The molecule has 1 aliphatic heterocycles. The molecule has 124 valence electrons. The summed E-state index contributed by atoms with van der Waals surface area (Å²) in [5, 5.41) is 11.1. The molecule has 0 radical (unpaired) electrons. The van der Waals surface area contributed by atoms with E-state index in [1.807, 2.05) is 0 Å². The summed E-state index contributed by atoms with van der Waals surface area (Å²) in [6.07, 6.45) is 1.06. The normalized spacial score (nSPS) is 19.7. The van der Waals surface area contributed by atoms with Gasteiger partial charge in [-0.15, -0.1) is 0 Å². The minimum absolute atomic E-state index is 0.114. The van der Waals surface area contributed by atoms with Crippen LogP contribution in [0.3, 0.4) is 0 Å². The maximum Gasteiger partial charge on any atom is 0.525 e. The van der Waals surface area contributed by atoms with E-state index in [2.05, 4.69) is 0 Å². The molecular formula is C15H19BFNO5. The van der Waals surface area contributed by atoms with E-state index in [0.29, 0.717) is 5.75 Å². The fourth-order valence-electron chi connectivity index (χ4n) is 2.10. The molecule has 1 aliphatic rings. The van der Waals surface area contributed by atoms with Gasteiger partial charge < -0.3 is 14.0 Å². The summed E-state index contributed by atoms with van der Waals surface area (Å²) in [6.45, 7) is 7.21. The molecule has 2 rings (SSSR count). The van der Waals surface area contributed by atoms with Crippen molar-refractivity contribution in [1.82, 2.24) is 0 Å². The number of halogens is 1.